The number of piperidine rings is 1. The van der Waals surface area contributed by atoms with E-state index in [1.165, 1.54) is 4.90 Å². The van der Waals surface area contributed by atoms with Crippen LogP contribution < -0.4 is 14.8 Å². The van der Waals surface area contributed by atoms with E-state index in [2.05, 4.69) is 30.3 Å². The molecule has 3 aromatic carbocycles. The van der Waals surface area contributed by atoms with Crippen LogP contribution in [0.25, 0.3) is 5.57 Å². The molecule has 1 atom stereocenters. The Morgan fingerprint density at radius 1 is 0.926 bits per heavy atom. The number of phenolic OH excluding ortho intramolecular Hbond substituents is 1. The SMILES string of the molecule is C=C/C=C(C=C)/C(CC)=C(/c1ccc(O)cc1)c1ccc(OCCN2CCN(C(=O)COc3ccc4c(c3)CN(C3CCC(=O)NC3=O)C4=O)CC2)cc1. The van der Waals surface area contributed by atoms with Crippen LogP contribution in [0, 0.1) is 0 Å². The van der Waals surface area contributed by atoms with Crippen molar-refractivity contribution in [3.05, 3.63) is 132 Å². The monoisotopic (exact) mass is 730 g/mol. The van der Waals surface area contributed by atoms with Gasteiger partial charge in [-0.05, 0) is 88.7 Å². The fraction of sp³-hybridized carbons (Fsp3) is 0.302. The standard InChI is InChI=1S/C43H46N4O7/c1-4-7-29(5-2)36(6-3)41(30-8-12-33(48)13-9-30)31-10-14-34(15-11-31)53-25-24-45-20-22-46(23-21-45)40(50)28-54-35-16-17-37-32(26-35)27-47(43(37)52)38-18-19-39(49)44-42(38)51/h4-5,7-17,26,38,48H,1-2,6,18-25,27-28H2,3H3,(H,44,49,51)/b29-7+,41-36-. The van der Waals surface area contributed by atoms with Crippen LogP contribution in [0.2, 0.25) is 0 Å². The molecule has 1 unspecified atom stereocenters. The molecule has 6 rings (SSSR count). The molecule has 3 heterocycles. The topological polar surface area (TPSA) is 129 Å². The highest BCUT2D eigenvalue weighted by atomic mass is 16.5. The molecule has 54 heavy (non-hydrogen) atoms. The summed E-state index contributed by atoms with van der Waals surface area (Å²) >= 11 is 0. The van der Waals surface area contributed by atoms with Gasteiger partial charge in [-0.15, -0.1) is 0 Å². The molecular weight excluding hydrogens is 684 g/mol. The Hall–Kier alpha value is -5.94. The Bertz CT molecular complexity index is 1980. The lowest BCUT2D eigenvalue weighted by Gasteiger charge is -2.34. The minimum absolute atomic E-state index is 0.111. The van der Waals surface area contributed by atoms with Gasteiger partial charge in [0.25, 0.3) is 11.8 Å². The van der Waals surface area contributed by atoms with Crippen molar-refractivity contribution in [2.24, 2.45) is 0 Å². The van der Waals surface area contributed by atoms with Crippen LogP contribution in [0.5, 0.6) is 17.2 Å². The number of amides is 4. The van der Waals surface area contributed by atoms with E-state index in [0.717, 1.165) is 65.2 Å². The first-order chi connectivity index (χ1) is 26.2. The van der Waals surface area contributed by atoms with E-state index in [-0.39, 0.29) is 43.0 Å². The molecule has 11 heteroatoms. The summed E-state index contributed by atoms with van der Waals surface area (Å²) in [5.74, 6) is 0.308. The quantitative estimate of drug-likeness (QED) is 0.170. The summed E-state index contributed by atoms with van der Waals surface area (Å²) in [5.41, 5.74) is 6.39. The minimum atomic E-state index is -0.684. The fourth-order valence-electron chi connectivity index (χ4n) is 7.20. The third kappa shape index (κ3) is 8.64. The lowest BCUT2D eigenvalue weighted by Crippen LogP contribution is -2.52. The van der Waals surface area contributed by atoms with Crippen molar-refractivity contribution in [1.82, 2.24) is 20.0 Å². The summed E-state index contributed by atoms with van der Waals surface area (Å²) < 4.78 is 12.0. The summed E-state index contributed by atoms with van der Waals surface area (Å²) in [6.07, 6.45) is 6.82. The normalized spacial score (nSPS) is 18.1. The minimum Gasteiger partial charge on any atom is -0.508 e. The molecule has 2 N–H and O–H groups in total. The van der Waals surface area contributed by atoms with Gasteiger partial charge in [0.2, 0.25) is 11.8 Å². The van der Waals surface area contributed by atoms with Gasteiger partial charge in [-0.2, -0.15) is 0 Å². The van der Waals surface area contributed by atoms with E-state index in [9.17, 15) is 24.3 Å². The zero-order valence-corrected chi connectivity index (χ0v) is 30.6. The van der Waals surface area contributed by atoms with Gasteiger partial charge in [-0.3, -0.25) is 29.4 Å². The maximum Gasteiger partial charge on any atom is 0.260 e. The molecule has 3 aliphatic heterocycles. The molecule has 0 radical (unpaired) electrons. The molecule has 280 valence electrons. The molecule has 2 fully saturated rings. The Morgan fingerprint density at radius 2 is 1.61 bits per heavy atom. The molecule has 4 amide bonds. The van der Waals surface area contributed by atoms with Crippen LogP contribution in [0.3, 0.4) is 0 Å². The number of carbonyl (C=O) groups excluding carboxylic acids is 4. The van der Waals surface area contributed by atoms with Crippen LogP contribution >= 0.6 is 0 Å². The second kappa shape index (κ2) is 17.3. The predicted molar refractivity (Wildman–Crippen MR) is 206 cm³/mol. The number of piperazine rings is 1. The maximum atomic E-state index is 13.0. The number of carbonyl (C=O) groups is 4. The molecule has 0 bridgehead atoms. The van der Waals surface area contributed by atoms with Gasteiger partial charge in [0.1, 0.15) is 29.9 Å². The van der Waals surface area contributed by atoms with Gasteiger partial charge >= 0.3 is 0 Å². The van der Waals surface area contributed by atoms with E-state index in [0.29, 0.717) is 37.4 Å². The van der Waals surface area contributed by atoms with E-state index in [1.807, 2.05) is 48.6 Å². The zero-order valence-electron chi connectivity index (χ0n) is 30.6. The molecular formula is C43H46N4O7. The van der Waals surface area contributed by atoms with Gasteiger partial charge in [0.05, 0.1) is 0 Å². The molecule has 0 aromatic heterocycles. The van der Waals surface area contributed by atoms with E-state index in [1.54, 1.807) is 41.3 Å². The number of imide groups is 1. The second-order valence-corrected chi connectivity index (χ2v) is 13.4. The van der Waals surface area contributed by atoms with Crippen molar-refractivity contribution in [1.29, 1.82) is 0 Å². The smallest absolute Gasteiger partial charge is 0.260 e. The summed E-state index contributed by atoms with van der Waals surface area (Å²) in [5, 5.41) is 12.2. The van der Waals surface area contributed by atoms with Gasteiger partial charge in [-0.1, -0.05) is 62.6 Å². The molecule has 0 saturated carbocycles. The maximum absolute atomic E-state index is 13.0. The number of phenols is 1. The average molecular weight is 731 g/mol. The number of allylic oxidation sites excluding steroid dienone is 5. The first kappa shape index (κ1) is 37.8. The Balaban J connectivity index is 0.969. The number of rotatable bonds is 14. The molecule has 3 aromatic rings. The third-order valence-electron chi connectivity index (χ3n) is 10.1. The molecule has 2 saturated heterocycles. The highest BCUT2D eigenvalue weighted by molar-refractivity contribution is 6.05. The van der Waals surface area contributed by atoms with Crippen LogP contribution in [0.15, 0.2) is 109 Å². The Morgan fingerprint density at radius 3 is 2.26 bits per heavy atom. The third-order valence-corrected chi connectivity index (χ3v) is 10.1. The van der Waals surface area contributed by atoms with Gasteiger partial charge in [0.15, 0.2) is 6.61 Å². The number of hydrogen-bond donors (Lipinski definition) is 2. The Labute approximate surface area is 315 Å². The highest BCUT2D eigenvalue weighted by Gasteiger charge is 2.39. The highest BCUT2D eigenvalue weighted by Crippen LogP contribution is 2.35. The lowest BCUT2D eigenvalue weighted by molar-refractivity contribution is -0.137. The molecule has 11 nitrogen and oxygen atoms in total. The van der Waals surface area contributed by atoms with Crippen LogP contribution in [-0.4, -0.2) is 95.4 Å². The second-order valence-electron chi connectivity index (χ2n) is 13.4. The van der Waals surface area contributed by atoms with Gasteiger partial charge < -0.3 is 24.4 Å². The summed E-state index contributed by atoms with van der Waals surface area (Å²) in [6, 6.07) is 19.6. The molecule has 0 spiro atoms. The Kier molecular flexibility index (Phi) is 12.1. The molecule has 0 aliphatic carbocycles. The predicted octanol–water partition coefficient (Wildman–Crippen LogP) is 5.27. The first-order valence-corrected chi connectivity index (χ1v) is 18.3. The van der Waals surface area contributed by atoms with Crippen molar-refractivity contribution in [2.45, 2.75) is 38.8 Å². The van der Waals surface area contributed by atoms with Crippen LogP contribution in [0.4, 0.5) is 0 Å². The van der Waals surface area contributed by atoms with Crippen molar-refractivity contribution in [3.63, 3.8) is 0 Å². The van der Waals surface area contributed by atoms with Crippen molar-refractivity contribution < 1.29 is 33.8 Å². The van der Waals surface area contributed by atoms with E-state index >= 15 is 0 Å². The number of ether oxygens (including phenoxy) is 2. The summed E-state index contributed by atoms with van der Waals surface area (Å²) in [7, 11) is 0. The van der Waals surface area contributed by atoms with Crippen molar-refractivity contribution in [2.75, 3.05) is 45.9 Å². The number of hydrogen-bond acceptors (Lipinski definition) is 8. The van der Waals surface area contributed by atoms with Crippen molar-refractivity contribution in [3.8, 4) is 17.2 Å². The zero-order chi connectivity index (χ0) is 38.2. The lowest BCUT2D eigenvalue weighted by atomic mass is 9.88. The van der Waals surface area contributed by atoms with Gasteiger partial charge in [0, 0.05) is 51.3 Å². The van der Waals surface area contributed by atoms with Crippen LogP contribution in [-0.2, 0) is 20.9 Å². The fourth-order valence-corrected chi connectivity index (χ4v) is 7.20. The van der Waals surface area contributed by atoms with Crippen molar-refractivity contribution >= 4 is 29.2 Å². The average Bonchev–Trinajstić information content (AvgIpc) is 3.51. The number of nitrogens with one attached hydrogen (secondary N) is 1. The summed E-state index contributed by atoms with van der Waals surface area (Å²) in [6.45, 7) is 13.9. The first-order valence-electron chi connectivity index (χ1n) is 18.3. The largest absolute Gasteiger partial charge is 0.508 e. The van der Waals surface area contributed by atoms with Gasteiger partial charge in [-0.25, -0.2) is 0 Å². The van der Waals surface area contributed by atoms with Crippen LogP contribution in [0.1, 0.15) is 53.2 Å². The van der Waals surface area contributed by atoms with E-state index < -0.39 is 11.9 Å². The van der Waals surface area contributed by atoms with E-state index in [4.69, 9.17) is 9.47 Å². The summed E-state index contributed by atoms with van der Waals surface area (Å²) in [4.78, 5) is 55.4. The number of fused-ring (bicyclic) bond motifs is 1. The number of aromatic hydroxyl groups is 1. The number of benzene rings is 3. The number of nitrogens with zero attached hydrogens (tertiary/aromatic N) is 3. The molecule has 3 aliphatic rings.